The van der Waals surface area contributed by atoms with Crippen molar-refractivity contribution >= 4 is 11.9 Å². The van der Waals surface area contributed by atoms with Crippen LogP contribution in [0, 0.1) is 11.8 Å². The molecule has 0 bridgehead atoms. The minimum atomic E-state index is 0.00207. The van der Waals surface area contributed by atoms with E-state index in [0.717, 1.165) is 31.6 Å². The molecule has 128 valence electrons. The zero-order chi connectivity index (χ0) is 16.5. The molecular weight excluding hydrogens is 280 g/mol. The number of guanidine groups is 1. The van der Waals surface area contributed by atoms with E-state index in [4.69, 9.17) is 4.74 Å². The predicted molar refractivity (Wildman–Crippen MR) is 90.0 cm³/mol. The van der Waals surface area contributed by atoms with E-state index in [-0.39, 0.29) is 12.5 Å². The van der Waals surface area contributed by atoms with Gasteiger partial charge in [0.25, 0.3) is 0 Å². The summed E-state index contributed by atoms with van der Waals surface area (Å²) in [6.45, 7) is 7.63. The third-order valence-electron chi connectivity index (χ3n) is 3.51. The summed E-state index contributed by atoms with van der Waals surface area (Å²) in [5, 5.41) is 3.32. The molecule has 0 heterocycles. The largest absolute Gasteiger partial charge is 0.379 e. The molecule has 1 fully saturated rings. The number of nitrogens with one attached hydrogen (secondary N) is 1. The standard InChI is InChI=1S/C16H32N4O2/c1-13(2)10-17-16(18-11-15(21)19(3)4)20(5)8-9-22-12-14-6-7-14/h13-14H,6-12H2,1-5H3,(H,17,18). The van der Waals surface area contributed by atoms with Crippen LogP contribution in [0.25, 0.3) is 0 Å². The monoisotopic (exact) mass is 312 g/mol. The van der Waals surface area contributed by atoms with Crippen LogP contribution in [0.2, 0.25) is 0 Å². The number of likely N-dealkylation sites (N-methyl/N-ethyl adjacent to an activating group) is 2. The summed E-state index contributed by atoms with van der Waals surface area (Å²) < 4.78 is 5.67. The number of hydrogen-bond donors (Lipinski definition) is 1. The normalized spacial score (nSPS) is 15.1. The van der Waals surface area contributed by atoms with Gasteiger partial charge in [0.05, 0.1) is 6.61 Å². The van der Waals surface area contributed by atoms with Crippen molar-refractivity contribution in [2.45, 2.75) is 26.7 Å². The fraction of sp³-hybridized carbons (Fsp3) is 0.875. The Balaban J connectivity index is 2.42. The Morgan fingerprint density at radius 2 is 2.00 bits per heavy atom. The SMILES string of the molecule is CC(C)CNC(=NCC(=O)N(C)C)N(C)CCOCC1CC1. The number of carbonyl (C=O) groups is 1. The first-order valence-electron chi connectivity index (χ1n) is 8.17. The second-order valence-corrected chi connectivity index (χ2v) is 6.64. The zero-order valence-electron chi connectivity index (χ0n) is 14.8. The molecule has 1 saturated carbocycles. The van der Waals surface area contributed by atoms with Gasteiger partial charge in [0.2, 0.25) is 5.91 Å². The Morgan fingerprint density at radius 1 is 1.32 bits per heavy atom. The lowest BCUT2D eigenvalue weighted by Crippen LogP contribution is -2.42. The number of rotatable bonds is 9. The molecular formula is C16H32N4O2. The van der Waals surface area contributed by atoms with Crippen molar-refractivity contribution < 1.29 is 9.53 Å². The lowest BCUT2D eigenvalue weighted by atomic mass is 10.2. The Morgan fingerprint density at radius 3 is 2.55 bits per heavy atom. The van der Waals surface area contributed by atoms with E-state index < -0.39 is 0 Å². The topological polar surface area (TPSA) is 57.2 Å². The first-order chi connectivity index (χ1) is 10.4. The molecule has 6 heteroatoms. The number of amides is 1. The lowest BCUT2D eigenvalue weighted by Gasteiger charge is -2.23. The second kappa shape index (κ2) is 9.66. The number of aliphatic imine (C=N–C) groups is 1. The van der Waals surface area contributed by atoms with Gasteiger partial charge >= 0.3 is 0 Å². The molecule has 1 aliphatic carbocycles. The molecule has 0 saturated heterocycles. The highest BCUT2D eigenvalue weighted by Gasteiger charge is 2.21. The molecule has 0 unspecified atom stereocenters. The van der Waals surface area contributed by atoms with E-state index >= 15 is 0 Å². The molecule has 1 aliphatic rings. The van der Waals surface area contributed by atoms with Crippen molar-refractivity contribution in [3.63, 3.8) is 0 Å². The average Bonchev–Trinajstić information content (AvgIpc) is 3.26. The Hall–Kier alpha value is -1.30. The highest BCUT2D eigenvalue weighted by molar-refractivity contribution is 5.84. The van der Waals surface area contributed by atoms with Gasteiger partial charge in [-0.05, 0) is 24.7 Å². The van der Waals surface area contributed by atoms with Gasteiger partial charge in [0.1, 0.15) is 6.54 Å². The van der Waals surface area contributed by atoms with Gasteiger partial charge in [-0.2, -0.15) is 0 Å². The van der Waals surface area contributed by atoms with Gasteiger partial charge in [-0.1, -0.05) is 13.8 Å². The van der Waals surface area contributed by atoms with Crippen LogP contribution in [0.15, 0.2) is 4.99 Å². The number of ether oxygens (including phenoxy) is 1. The van der Waals surface area contributed by atoms with Gasteiger partial charge in [-0.3, -0.25) is 4.79 Å². The van der Waals surface area contributed by atoms with Crippen molar-refractivity contribution in [3.05, 3.63) is 0 Å². The fourth-order valence-electron chi connectivity index (χ4n) is 1.73. The molecule has 0 spiro atoms. The highest BCUT2D eigenvalue weighted by Crippen LogP contribution is 2.28. The minimum absolute atomic E-state index is 0.00207. The summed E-state index contributed by atoms with van der Waals surface area (Å²) in [6, 6.07) is 0. The Kier molecular flexibility index (Phi) is 8.24. The zero-order valence-corrected chi connectivity index (χ0v) is 14.8. The quantitative estimate of drug-likeness (QED) is 0.392. The first-order valence-corrected chi connectivity index (χ1v) is 8.17. The summed E-state index contributed by atoms with van der Waals surface area (Å²) in [6.07, 6.45) is 2.62. The van der Waals surface area contributed by atoms with Crippen molar-refractivity contribution in [3.8, 4) is 0 Å². The summed E-state index contributed by atoms with van der Waals surface area (Å²) >= 11 is 0. The summed E-state index contributed by atoms with van der Waals surface area (Å²) in [7, 11) is 5.47. The Labute approximate surface area is 134 Å². The lowest BCUT2D eigenvalue weighted by molar-refractivity contribution is -0.127. The highest BCUT2D eigenvalue weighted by atomic mass is 16.5. The second-order valence-electron chi connectivity index (χ2n) is 6.64. The van der Waals surface area contributed by atoms with Gasteiger partial charge < -0.3 is 19.9 Å². The number of nitrogens with zero attached hydrogens (tertiary/aromatic N) is 3. The van der Waals surface area contributed by atoms with E-state index in [2.05, 4.69) is 24.2 Å². The van der Waals surface area contributed by atoms with Crippen LogP contribution in [0.4, 0.5) is 0 Å². The first kappa shape index (κ1) is 18.7. The summed E-state index contributed by atoms with van der Waals surface area (Å²) in [5.74, 6) is 2.07. The minimum Gasteiger partial charge on any atom is -0.379 e. The molecule has 0 radical (unpaired) electrons. The van der Waals surface area contributed by atoms with Crippen molar-refractivity contribution in [2.75, 3.05) is 54.0 Å². The van der Waals surface area contributed by atoms with E-state index in [1.54, 1.807) is 19.0 Å². The molecule has 1 rings (SSSR count). The molecule has 0 aliphatic heterocycles. The Bertz CT molecular complexity index is 365. The van der Waals surface area contributed by atoms with Crippen LogP contribution >= 0.6 is 0 Å². The van der Waals surface area contributed by atoms with E-state index in [0.29, 0.717) is 12.5 Å². The molecule has 0 aromatic carbocycles. The van der Waals surface area contributed by atoms with Crippen molar-refractivity contribution in [1.82, 2.24) is 15.1 Å². The third-order valence-corrected chi connectivity index (χ3v) is 3.51. The number of carbonyl (C=O) groups excluding carboxylic acids is 1. The molecule has 0 atom stereocenters. The maximum absolute atomic E-state index is 11.7. The predicted octanol–water partition coefficient (Wildman–Crippen LogP) is 1.03. The van der Waals surface area contributed by atoms with Crippen LogP contribution in [0.5, 0.6) is 0 Å². The smallest absolute Gasteiger partial charge is 0.243 e. The third kappa shape index (κ3) is 8.22. The fourth-order valence-corrected chi connectivity index (χ4v) is 1.73. The summed E-state index contributed by atoms with van der Waals surface area (Å²) in [5.41, 5.74) is 0. The molecule has 1 N–H and O–H groups in total. The van der Waals surface area contributed by atoms with Gasteiger partial charge in [0.15, 0.2) is 5.96 Å². The molecule has 22 heavy (non-hydrogen) atoms. The van der Waals surface area contributed by atoms with Crippen LogP contribution in [0.1, 0.15) is 26.7 Å². The average molecular weight is 312 g/mol. The van der Waals surface area contributed by atoms with Crippen molar-refractivity contribution in [2.24, 2.45) is 16.8 Å². The van der Waals surface area contributed by atoms with Crippen molar-refractivity contribution in [1.29, 1.82) is 0 Å². The maximum Gasteiger partial charge on any atom is 0.243 e. The molecule has 6 nitrogen and oxygen atoms in total. The maximum atomic E-state index is 11.7. The van der Waals surface area contributed by atoms with Gasteiger partial charge in [-0.15, -0.1) is 0 Å². The van der Waals surface area contributed by atoms with Crippen LogP contribution < -0.4 is 5.32 Å². The van der Waals surface area contributed by atoms with Crippen LogP contribution in [-0.2, 0) is 9.53 Å². The van der Waals surface area contributed by atoms with Crippen LogP contribution in [-0.4, -0.2) is 75.7 Å². The molecule has 0 aromatic heterocycles. The molecule has 1 amide bonds. The van der Waals surface area contributed by atoms with E-state index in [1.165, 1.54) is 12.8 Å². The van der Waals surface area contributed by atoms with Gasteiger partial charge in [-0.25, -0.2) is 4.99 Å². The molecule has 0 aromatic rings. The van der Waals surface area contributed by atoms with Crippen LogP contribution in [0.3, 0.4) is 0 Å². The van der Waals surface area contributed by atoms with E-state index in [1.807, 2.05) is 11.9 Å². The van der Waals surface area contributed by atoms with E-state index in [9.17, 15) is 4.79 Å². The van der Waals surface area contributed by atoms with Gasteiger partial charge in [0, 0.05) is 40.8 Å². The summed E-state index contributed by atoms with van der Waals surface area (Å²) in [4.78, 5) is 19.7. The number of hydrogen-bond acceptors (Lipinski definition) is 3.